The van der Waals surface area contributed by atoms with Gasteiger partial charge in [0.15, 0.2) is 5.16 Å². The van der Waals surface area contributed by atoms with Crippen LogP contribution >= 0.6 is 11.8 Å². The summed E-state index contributed by atoms with van der Waals surface area (Å²) in [7, 11) is 0. The van der Waals surface area contributed by atoms with Crippen LogP contribution < -0.4 is 10.2 Å². The molecule has 4 rings (SSSR count). The number of nitrogens with one attached hydrogen (secondary N) is 1. The van der Waals surface area contributed by atoms with E-state index in [0.717, 1.165) is 48.7 Å². The quantitative estimate of drug-likeness (QED) is 0.785. The maximum atomic E-state index is 12.3. The molecule has 1 aliphatic carbocycles. The molecular weight excluding hydrogens is 350 g/mol. The minimum absolute atomic E-state index is 0.0304. The molecule has 2 heterocycles. The van der Waals surface area contributed by atoms with Crippen LogP contribution in [0.4, 0.5) is 11.4 Å². The highest BCUT2D eigenvalue weighted by Crippen LogP contribution is 2.38. The number of carbonyl (C=O) groups excluding carboxylic acids is 1. The van der Waals surface area contributed by atoms with Crippen molar-refractivity contribution in [2.24, 2.45) is 0 Å². The maximum absolute atomic E-state index is 12.3. The molecular formula is C18H23N5O2S. The molecule has 1 saturated carbocycles. The Morgan fingerprint density at radius 1 is 1.23 bits per heavy atom. The number of amides is 1. The monoisotopic (exact) mass is 373 g/mol. The smallest absolute Gasteiger partial charge is 0.234 e. The van der Waals surface area contributed by atoms with Gasteiger partial charge in [0.2, 0.25) is 5.91 Å². The van der Waals surface area contributed by atoms with Crippen molar-refractivity contribution in [1.82, 2.24) is 14.8 Å². The van der Waals surface area contributed by atoms with Crippen molar-refractivity contribution < 1.29 is 9.53 Å². The van der Waals surface area contributed by atoms with E-state index in [2.05, 4.69) is 25.0 Å². The van der Waals surface area contributed by atoms with E-state index in [1.165, 1.54) is 24.6 Å². The number of aryl methyl sites for hydroxylation is 1. The Morgan fingerprint density at radius 2 is 1.96 bits per heavy atom. The van der Waals surface area contributed by atoms with Gasteiger partial charge in [-0.05, 0) is 44.0 Å². The molecule has 2 aliphatic rings. The van der Waals surface area contributed by atoms with E-state index >= 15 is 0 Å². The minimum atomic E-state index is -0.0304. The topological polar surface area (TPSA) is 72.3 Å². The molecule has 0 unspecified atom stereocenters. The number of morpholine rings is 1. The van der Waals surface area contributed by atoms with E-state index < -0.39 is 0 Å². The van der Waals surface area contributed by atoms with E-state index in [4.69, 9.17) is 4.74 Å². The van der Waals surface area contributed by atoms with Gasteiger partial charge in [-0.15, -0.1) is 10.2 Å². The van der Waals surface area contributed by atoms with Crippen LogP contribution in [0.1, 0.15) is 24.7 Å². The fourth-order valence-electron chi connectivity index (χ4n) is 3.11. The van der Waals surface area contributed by atoms with Crippen LogP contribution in [0.5, 0.6) is 0 Å². The summed E-state index contributed by atoms with van der Waals surface area (Å²) in [6, 6.07) is 8.50. The number of ether oxygens (including phenoxy) is 1. The van der Waals surface area contributed by atoms with Crippen LogP contribution in [-0.4, -0.2) is 52.7 Å². The molecule has 2 aromatic rings. The maximum Gasteiger partial charge on any atom is 0.234 e. The first-order valence-corrected chi connectivity index (χ1v) is 9.96. The second kappa shape index (κ2) is 7.67. The van der Waals surface area contributed by atoms with Crippen molar-refractivity contribution in [2.75, 3.05) is 42.3 Å². The highest BCUT2D eigenvalue weighted by molar-refractivity contribution is 7.99. The Labute approximate surface area is 157 Å². The Morgan fingerprint density at radius 3 is 2.65 bits per heavy atom. The lowest BCUT2D eigenvalue weighted by Gasteiger charge is -2.28. The summed E-state index contributed by atoms with van der Waals surface area (Å²) in [5.41, 5.74) is 1.97. The van der Waals surface area contributed by atoms with Crippen molar-refractivity contribution in [2.45, 2.75) is 31.0 Å². The molecule has 1 aromatic carbocycles. The normalized spacial score (nSPS) is 17.3. The summed E-state index contributed by atoms with van der Waals surface area (Å²) in [6.45, 7) is 5.31. The number of aromatic nitrogens is 3. The zero-order valence-corrected chi connectivity index (χ0v) is 15.7. The average molecular weight is 373 g/mol. The van der Waals surface area contributed by atoms with E-state index in [9.17, 15) is 4.79 Å². The zero-order chi connectivity index (χ0) is 17.9. The molecule has 1 saturated heterocycles. The Kier molecular flexibility index (Phi) is 5.12. The molecule has 0 radical (unpaired) electrons. The Hall–Kier alpha value is -2.06. The summed E-state index contributed by atoms with van der Waals surface area (Å²) in [5.74, 6) is 1.22. The number of hydrogen-bond acceptors (Lipinski definition) is 6. The molecule has 138 valence electrons. The molecule has 1 aromatic heterocycles. The van der Waals surface area contributed by atoms with Gasteiger partial charge < -0.3 is 19.5 Å². The highest BCUT2D eigenvalue weighted by Gasteiger charge is 2.28. The van der Waals surface area contributed by atoms with Gasteiger partial charge >= 0.3 is 0 Å². The number of thioether (sulfide) groups is 1. The van der Waals surface area contributed by atoms with Gasteiger partial charge in [-0.25, -0.2) is 0 Å². The molecule has 2 fully saturated rings. The van der Waals surface area contributed by atoms with E-state index in [0.29, 0.717) is 11.8 Å². The first-order valence-electron chi connectivity index (χ1n) is 8.97. The second-order valence-corrected chi connectivity index (χ2v) is 7.56. The van der Waals surface area contributed by atoms with Gasteiger partial charge in [0.25, 0.3) is 0 Å². The number of anilines is 2. The van der Waals surface area contributed by atoms with Gasteiger partial charge in [0.05, 0.1) is 19.0 Å². The Balaban J connectivity index is 1.30. The predicted octanol–water partition coefficient (Wildman–Crippen LogP) is 2.49. The van der Waals surface area contributed by atoms with Gasteiger partial charge in [-0.2, -0.15) is 0 Å². The minimum Gasteiger partial charge on any atom is -0.378 e. The average Bonchev–Trinajstić information content (AvgIpc) is 3.44. The number of benzene rings is 1. The third-order valence-corrected chi connectivity index (χ3v) is 5.55. The lowest BCUT2D eigenvalue weighted by Crippen LogP contribution is -2.36. The molecule has 0 bridgehead atoms. The number of hydrogen-bond donors (Lipinski definition) is 1. The van der Waals surface area contributed by atoms with Crippen LogP contribution in [0, 0.1) is 6.92 Å². The molecule has 0 spiro atoms. The summed E-state index contributed by atoms with van der Waals surface area (Å²) in [5, 5.41) is 12.1. The lowest BCUT2D eigenvalue weighted by molar-refractivity contribution is -0.113. The standard InChI is InChI=1S/C18H23N5O2S/c1-13-20-21-18(23(13)16-6-7-16)26-12-17(24)19-14-2-4-15(5-3-14)22-8-10-25-11-9-22/h2-5,16H,6-12H2,1H3,(H,19,24). The van der Waals surface area contributed by atoms with Crippen LogP contribution in [0.2, 0.25) is 0 Å². The molecule has 1 aliphatic heterocycles. The van der Waals surface area contributed by atoms with Gasteiger partial charge in [-0.3, -0.25) is 4.79 Å². The van der Waals surface area contributed by atoms with Gasteiger partial charge in [0.1, 0.15) is 5.82 Å². The van der Waals surface area contributed by atoms with Crippen molar-refractivity contribution >= 4 is 29.0 Å². The van der Waals surface area contributed by atoms with Crippen LogP contribution in [0.15, 0.2) is 29.4 Å². The lowest BCUT2D eigenvalue weighted by atomic mass is 10.2. The highest BCUT2D eigenvalue weighted by atomic mass is 32.2. The largest absolute Gasteiger partial charge is 0.378 e. The molecule has 8 heteroatoms. The third kappa shape index (κ3) is 4.02. The van der Waals surface area contributed by atoms with Gasteiger partial charge in [0, 0.05) is 30.5 Å². The first-order chi connectivity index (χ1) is 12.7. The van der Waals surface area contributed by atoms with E-state index in [-0.39, 0.29) is 5.91 Å². The van der Waals surface area contributed by atoms with Crippen molar-refractivity contribution in [3.63, 3.8) is 0 Å². The number of nitrogens with zero attached hydrogens (tertiary/aromatic N) is 4. The fourth-order valence-corrected chi connectivity index (χ4v) is 3.96. The predicted molar refractivity (Wildman–Crippen MR) is 102 cm³/mol. The fraction of sp³-hybridized carbons (Fsp3) is 0.500. The molecule has 1 amide bonds. The molecule has 26 heavy (non-hydrogen) atoms. The van der Waals surface area contributed by atoms with E-state index in [1.54, 1.807) is 0 Å². The van der Waals surface area contributed by atoms with E-state index in [1.807, 2.05) is 31.2 Å². The van der Waals surface area contributed by atoms with Crippen LogP contribution in [-0.2, 0) is 9.53 Å². The number of carbonyl (C=O) groups is 1. The van der Waals surface area contributed by atoms with Crippen LogP contribution in [0.25, 0.3) is 0 Å². The zero-order valence-electron chi connectivity index (χ0n) is 14.9. The summed E-state index contributed by atoms with van der Waals surface area (Å²) in [4.78, 5) is 14.5. The second-order valence-electron chi connectivity index (χ2n) is 6.61. The summed E-state index contributed by atoms with van der Waals surface area (Å²) in [6.07, 6.45) is 2.35. The molecule has 1 N–H and O–H groups in total. The molecule has 7 nitrogen and oxygen atoms in total. The molecule has 0 atom stereocenters. The van der Waals surface area contributed by atoms with Crippen molar-refractivity contribution in [3.05, 3.63) is 30.1 Å². The number of rotatable bonds is 6. The Bertz CT molecular complexity index is 766. The van der Waals surface area contributed by atoms with Crippen molar-refractivity contribution in [1.29, 1.82) is 0 Å². The third-order valence-electron chi connectivity index (χ3n) is 4.61. The summed E-state index contributed by atoms with van der Waals surface area (Å²) >= 11 is 1.44. The van der Waals surface area contributed by atoms with Crippen molar-refractivity contribution in [3.8, 4) is 0 Å². The van der Waals surface area contributed by atoms with Gasteiger partial charge in [-0.1, -0.05) is 11.8 Å². The summed E-state index contributed by atoms with van der Waals surface area (Å²) < 4.78 is 7.53. The first kappa shape index (κ1) is 17.4. The SMILES string of the molecule is Cc1nnc(SCC(=O)Nc2ccc(N3CCOCC3)cc2)n1C1CC1. The van der Waals surface area contributed by atoms with Crippen LogP contribution in [0.3, 0.4) is 0 Å².